The van der Waals surface area contributed by atoms with Crippen LogP contribution in [0, 0.1) is 0 Å². The van der Waals surface area contributed by atoms with Gasteiger partial charge in [0.1, 0.15) is 10.8 Å². The fourth-order valence-corrected chi connectivity index (χ4v) is 2.61. The molecule has 0 radical (unpaired) electrons. The number of methoxy groups -OCH3 is 1. The van der Waals surface area contributed by atoms with Crippen LogP contribution in [0.1, 0.15) is 10.4 Å². The van der Waals surface area contributed by atoms with E-state index in [9.17, 15) is 4.79 Å². The smallest absolute Gasteiger partial charge is 0.256 e. The maximum absolute atomic E-state index is 12.2. The molecule has 0 aliphatic rings. The molecule has 2 heterocycles. The Morgan fingerprint density at radius 3 is 2.57 bits per heavy atom. The number of amides is 1. The molecule has 1 aromatic carbocycles. The van der Waals surface area contributed by atoms with Crippen molar-refractivity contribution >= 4 is 33.1 Å². The van der Waals surface area contributed by atoms with Crippen molar-refractivity contribution < 1.29 is 9.53 Å². The number of nitrogens with zero attached hydrogens (tertiary/aromatic N) is 2. The second kappa shape index (κ2) is 6.89. The molecule has 2 aromatic heterocycles. The molecule has 7 heteroatoms. The van der Waals surface area contributed by atoms with E-state index >= 15 is 0 Å². The molecule has 3 aromatic rings. The first-order valence-electron chi connectivity index (χ1n) is 6.83. The lowest BCUT2D eigenvalue weighted by atomic mass is 10.2. The van der Waals surface area contributed by atoms with Crippen LogP contribution in [-0.2, 0) is 0 Å². The van der Waals surface area contributed by atoms with Crippen LogP contribution >= 0.6 is 11.3 Å². The van der Waals surface area contributed by atoms with Crippen LogP contribution < -0.4 is 15.4 Å². The third-order valence-electron chi connectivity index (χ3n) is 3.03. The monoisotopic (exact) mass is 326 g/mol. The maximum Gasteiger partial charge on any atom is 0.256 e. The molecule has 1 amide bonds. The standard InChI is InChI=1S/C16H14N4O2S/c1-22-13-4-2-11(3-5-13)15(21)20-14-10-18-16(23-14)19-12-6-8-17-9-7-12/h2-10H,1H3,(H,20,21)(H,17,18,19). The van der Waals surface area contributed by atoms with Gasteiger partial charge in [-0.15, -0.1) is 0 Å². The SMILES string of the molecule is COc1ccc(C(=O)Nc2cnc(Nc3ccncc3)s2)cc1. The Labute approximate surface area is 137 Å². The van der Waals surface area contributed by atoms with E-state index in [4.69, 9.17) is 4.74 Å². The molecular formula is C16H14N4O2S. The number of thiazole rings is 1. The number of hydrogen-bond donors (Lipinski definition) is 2. The van der Waals surface area contributed by atoms with Crippen LogP contribution in [0.15, 0.2) is 55.0 Å². The van der Waals surface area contributed by atoms with Crippen LogP contribution in [0.3, 0.4) is 0 Å². The highest BCUT2D eigenvalue weighted by molar-refractivity contribution is 7.19. The van der Waals surface area contributed by atoms with Crippen molar-refractivity contribution in [2.24, 2.45) is 0 Å². The topological polar surface area (TPSA) is 76.1 Å². The lowest BCUT2D eigenvalue weighted by Gasteiger charge is -2.03. The summed E-state index contributed by atoms with van der Waals surface area (Å²) in [4.78, 5) is 20.4. The van der Waals surface area contributed by atoms with Gasteiger partial charge in [-0.3, -0.25) is 9.78 Å². The van der Waals surface area contributed by atoms with E-state index in [1.807, 2.05) is 12.1 Å². The minimum atomic E-state index is -0.188. The van der Waals surface area contributed by atoms with Gasteiger partial charge in [0, 0.05) is 23.6 Å². The Balaban J connectivity index is 1.65. The molecule has 0 aliphatic carbocycles. The van der Waals surface area contributed by atoms with Gasteiger partial charge in [0.05, 0.1) is 13.3 Å². The largest absolute Gasteiger partial charge is 0.497 e. The van der Waals surface area contributed by atoms with Crippen molar-refractivity contribution in [1.29, 1.82) is 0 Å². The van der Waals surface area contributed by atoms with Crippen molar-refractivity contribution in [2.75, 3.05) is 17.7 Å². The highest BCUT2D eigenvalue weighted by Crippen LogP contribution is 2.26. The third-order valence-corrected chi connectivity index (χ3v) is 3.85. The van der Waals surface area contributed by atoms with Gasteiger partial charge in [0.2, 0.25) is 0 Å². The van der Waals surface area contributed by atoms with E-state index < -0.39 is 0 Å². The molecule has 2 N–H and O–H groups in total. The zero-order chi connectivity index (χ0) is 16.1. The van der Waals surface area contributed by atoms with Gasteiger partial charge in [0.25, 0.3) is 5.91 Å². The zero-order valence-electron chi connectivity index (χ0n) is 12.3. The number of aromatic nitrogens is 2. The third kappa shape index (κ3) is 3.83. The zero-order valence-corrected chi connectivity index (χ0v) is 13.1. The lowest BCUT2D eigenvalue weighted by molar-refractivity contribution is 0.102. The number of nitrogens with one attached hydrogen (secondary N) is 2. The molecule has 6 nitrogen and oxygen atoms in total. The highest BCUT2D eigenvalue weighted by Gasteiger charge is 2.09. The number of carbonyl (C=O) groups excluding carboxylic acids is 1. The summed E-state index contributed by atoms with van der Waals surface area (Å²) in [6, 6.07) is 10.6. The highest BCUT2D eigenvalue weighted by atomic mass is 32.1. The molecule has 0 aliphatic heterocycles. The van der Waals surface area contributed by atoms with Crippen molar-refractivity contribution in [2.45, 2.75) is 0 Å². The Morgan fingerprint density at radius 2 is 1.87 bits per heavy atom. The summed E-state index contributed by atoms with van der Waals surface area (Å²) in [6.07, 6.45) is 5.01. The van der Waals surface area contributed by atoms with E-state index in [-0.39, 0.29) is 5.91 Å². The molecule has 3 rings (SSSR count). The lowest BCUT2D eigenvalue weighted by Crippen LogP contribution is -2.10. The van der Waals surface area contributed by atoms with Gasteiger partial charge >= 0.3 is 0 Å². The first-order valence-corrected chi connectivity index (χ1v) is 7.64. The molecule has 116 valence electrons. The number of carbonyl (C=O) groups is 1. The van der Waals surface area contributed by atoms with E-state index in [0.717, 1.165) is 5.69 Å². The van der Waals surface area contributed by atoms with Gasteiger partial charge < -0.3 is 15.4 Å². The summed E-state index contributed by atoms with van der Waals surface area (Å²) in [5, 5.41) is 7.34. The Bertz CT molecular complexity index is 787. The molecule has 0 saturated heterocycles. The van der Waals surface area contributed by atoms with Crippen LogP contribution in [0.4, 0.5) is 15.8 Å². The second-order valence-electron chi connectivity index (χ2n) is 4.57. The van der Waals surface area contributed by atoms with Gasteiger partial charge in [0.15, 0.2) is 5.13 Å². The van der Waals surface area contributed by atoms with Crippen LogP contribution in [0.5, 0.6) is 5.75 Å². The van der Waals surface area contributed by atoms with Crippen LogP contribution in [0.2, 0.25) is 0 Å². The van der Waals surface area contributed by atoms with E-state index in [2.05, 4.69) is 20.6 Å². The number of hydrogen-bond acceptors (Lipinski definition) is 6. The summed E-state index contributed by atoms with van der Waals surface area (Å²) in [5.41, 5.74) is 1.45. The van der Waals surface area contributed by atoms with Gasteiger partial charge in [-0.25, -0.2) is 4.98 Å². The Kier molecular flexibility index (Phi) is 4.49. The Hall–Kier alpha value is -2.93. The normalized spacial score (nSPS) is 10.1. The quantitative estimate of drug-likeness (QED) is 0.750. The summed E-state index contributed by atoms with van der Waals surface area (Å²) in [6.45, 7) is 0. The van der Waals surface area contributed by atoms with Crippen molar-refractivity contribution in [3.63, 3.8) is 0 Å². The molecule has 0 bridgehead atoms. The minimum absolute atomic E-state index is 0.188. The van der Waals surface area contributed by atoms with E-state index in [1.165, 1.54) is 11.3 Å². The van der Waals surface area contributed by atoms with Crippen LogP contribution in [0.25, 0.3) is 0 Å². The summed E-state index contributed by atoms with van der Waals surface area (Å²) in [7, 11) is 1.59. The number of pyridine rings is 1. The first-order chi connectivity index (χ1) is 11.2. The molecule has 0 fully saturated rings. The average molecular weight is 326 g/mol. The Morgan fingerprint density at radius 1 is 1.13 bits per heavy atom. The molecule has 23 heavy (non-hydrogen) atoms. The van der Waals surface area contributed by atoms with E-state index in [0.29, 0.717) is 21.4 Å². The van der Waals surface area contributed by atoms with Gasteiger partial charge in [-0.05, 0) is 36.4 Å². The molecule has 0 spiro atoms. The van der Waals surface area contributed by atoms with Crippen molar-refractivity contribution in [3.8, 4) is 5.75 Å². The second-order valence-corrected chi connectivity index (χ2v) is 5.60. The maximum atomic E-state index is 12.2. The molecule has 0 saturated carbocycles. The molecule has 0 atom stereocenters. The fraction of sp³-hybridized carbons (Fsp3) is 0.0625. The minimum Gasteiger partial charge on any atom is -0.497 e. The van der Waals surface area contributed by atoms with Gasteiger partial charge in [-0.2, -0.15) is 0 Å². The van der Waals surface area contributed by atoms with E-state index in [1.54, 1.807) is 50.0 Å². The molecular weight excluding hydrogens is 312 g/mol. The van der Waals surface area contributed by atoms with Gasteiger partial charge in [-0.1, -0.05) is 11.3 Å². The summed E-state index contributed by atoms with van der Waals surface area (Å²) >= 11 is 1.36. The average Bonchev–Trinajstić information content (AvgIpc) is 3.02. The summed E-state index contributed by atoms with van der Waals surface area (Å²) in [5.74, 6) is 0.523. The fourth-order valence-electron chi connectivity index (χ4n) is 1.87. The number of ether oxygens (including phenoxy) is 1. The number of anilines is 3. The first kappa shape index (κ1) is 15.0. The summed E-state index contributed by atoms with van der Waals surface area (Å²) < 4.78 is 5.07. The predicted molar refractivity (Wildman–Crippen MR) is 90.6 cm³/mol. The number of rotatable bonds is 5. The molecule has 0 unspecified atom stereocenters. The number of benzene rings is 1. The predicted octanol–water partition coefficient (Wildman–Crippen LogP) is 3.54. The van der Waals surface area contributed by atoms with Crippen molar-refractivity contribution in [3.05, 3.63) is 60.6 Å². The van der Waals surface area contributed by atoms with Crippen molar-refractivity contribution in [1.82, 2.24) is 9.97 Å². The van der Waals surface area contributed by atoms with Crippen LogP contribution in [-0.4, -0.2) is 23.0 Å².